The van der Waals surface area contributed by atoms with Crippen LogP contribution < -0.4 is 5.32 Å². The van der Waals surface area contributed by atoms with E-state index in [1.807, 2.05) is 0 Å². The lowest BCUT2D eigenvalue weighted by molar-refractivity contribution is -0.151. The lowest BCUT2D eigenvalue weighted by Gasteiger charge is -2.11. The Morgan fingerprint density at radius 3 is 2.44 bits per heavy atom. The van der Waals surface area contributed by atoms with Gasteiger partial charge in [-0.1, -0.05) is 6.92 Å². The summed E-state index contributed by atoms with van der Waals surface area (Å²) < 4.78 is 27.4. The molecular formula is C10H17NO6S. The molecule has 0 aromatic carbocycles. The lowest BCUT2D eigenvalue weighted by Crippen LogP contribution is -2.38. The Kier molecular flexibility index (Phi) is 5.09. The molecule has 1 aliphatic rings. The van der Waals surface area contributed by atoms with Gasteiger partial charge in [0, 0.05) is 12.3 Å². The second kappa shape index (κ2) is 6.14. The van der Waals surface area contributed by atoms with Crippen molar-refractivity contribution in [3.8, 4) is 0 Å². The Morgan fingerprint density at radius 1 is 1.33 bits per heavy atom. The summed E-state index contributed by atoms with van der Waals surface area (Å²) in [4.78, 5) is 22.2. The minimum atomic E-state index is -3.11. The van der Waals surface area contributed by atoms with Gasteiger partial charge in [0.1, 0.15) is 6.10 Å². The highest BCUT2D eigenvalue weighted by Gasteiger charge is 2.34. The number of ether oxygens (including phenoxy) is 1. The van der Waals surface area contributed by atoms with E-state index in [1.165, 1.54) is 6.92 Å². The molecule has 7 nitrogen and oxygen atoms in total. The first-order chi connectivity index (χ1) is 8.35. The number of rotatable bonds is 6. The number of carboxylic acid groups (broad SMARTS) is 1. The molecule has 1 amide bonds. The van der Waals surface area contributed by atoms with Crippen LogP contribution in [0.3, 0.4) is 0 Å². The fraction of sp³-hybridized carbons (Fsp3) is 0.800. The van der Waals surface area contributed by atoms with Gasteiger partial charge < -0.3 is 15.2 Å². The minimum absolute atomic E-state index is 0.0204. The average molecular weight is 279 g/mol. The van der Waals surface area contributed by atoms with E-state index >= 15 is 0 Å². The zero-order valence-electron chi connectivity index (χ0n) is 10.1. The molecule has 0 radical (unpaired) electrons. The molecule has 1 heterocycles. The third kappa shape index (κ3) is 4.26. The average Bonchev–Trinajstić information content (AvgIpc) is 2.78. The highest BCUT2D eigenvalue weighted by Crippen LogP contribution is 2.19. The molecule has 0 bridgehead atoms. The van der Waals surface area contributed by atoms with Gasteiger partial charge in [0.15, 0.2) is 15.9 Å². The Bertz CT molecular complexity index is 418. The molecule has 1 fully saturated rings. The molecule has 2 atom stereocenters. The van der Waals surface area contributed by atoms with E-state index < -0.39 is 33.9 Å². The first kappa shape index (κ1) is 14.9. The van der Waals surface area contributed by atoms with Crippen molar-refractivity contribution in [1.29, 1.82) is 0 Å². The van der Waals surface area contributed by atoms with Crippen molar-refractivity contribution in [2.45, 2.75) is 32.0 Å². The number of carbonyl (C=O) groups excluding carboxylic acids is 1. The first-order valence-electron chi connectivity index (χ1n) is 5.72. The molecule has 0 aromatic heterocycles. The molecule has 0 aromatic rings. The van der Waals surface area contributed by atoms with Gasteiger partial charge in [0.05, 0.1) is 5.75 Å². The third-order valence-electron chi connectivity index (χ3n) is 2.74. The fourth-order valence-electron chi connectivity index (χ4n) is 1.60. The topological polar surface area (TPSA) is 110 Å². The van der Waals surface area contributed by atoms with Gasteiger partial charge in [-0.2, -0.15) is 0 Å². The first-order valence-corrected chi connectivity index (χ1v) is 7.54. The summed E-state index contributed by atoms with van der Waals surface area (Å²) in [5.41, 5.74) is 0. The van der Waals surface area contributed by atoms with Gasteiger partial charge in [0.25, 0.3) is 0 Å². The molecule has 1 saturated heterocycles. The summed E-state index contributed by atoms with van der Waals surface area (Å²) in [6.07, 6.45) is -1.11. The van der Waals surface area contributed by atoms with Crippen molar-refractivity contribution in [3.63, 3.8) is 0 Å². The highest BCUT2D eigenvalue weighted by molar-refractivity contribution is 7.91. The molecule has 1 aliphatic heterocycles. The van der Waals surface area contributed by atoms with E-state index in [-0.39, 0.29) is 18.1 Å². The number of nitrogens with one attached hydrogen (secondary N) is 1. The molecule has 1 rings (SSSR count). The van der Waals surface area contributed by atoms with Gasteiger partial charge in [-0.15, -0.1) is 0 Å². The van der Waals surface area contributed by atoms with Crippen molar-refractivity contribution < 1.29 is 27.9 Å². The van der Waals surface area contributed by atoms with Gasteiger partial charge in [-0.3, -0.25) is 4.79 Å². The van der Waals surface area contributed by atoms with Crippen LogP contribution in [-0.4, -0.2) is 55.7 Å². The molecular weight excluding hydrogens is 262 g/mol. The van der Waals surface area contributed by atoms with Gasteiger partial charge in [0.2, 0.25) is 5.91 Å². The quantitative estimate of drug-likeness (QED) is 0.656. The van der Waals surface area contributed by atoms with Crippen LogP contribution in [0.5, 0.6) is 0 Å². The molecule has 18 heavy (non-hydrogen) atoms. The maximum absolute atomic E-state index is 11.6. The van der Waals surface area contributed by atoms with E-state index in [4.69, 9.17) is 9.84 Å². The van der Waals surface area contributed by atoms with E-state index in [2.05, 4.69) is 5.32 Å². The SMILES string of the molecule is CCS(=O)(=O)CCNC(=O)[C@@H]1CC[C@H](C(=O)O)O1. The van der Waals surface area contributed by atoms with Crippen molar-refractivity contribution >= 4 is 21.7 Å². The zero-order valence-corrected chi connectivity index (χ0v) is 10.9. The van der Waals surface area contributed by atoms with Crippen LogP contribution in [0.25, 0.3) is 0 Å². The molecule has 2 N–H and O–H groups in total. The number of sulfone groups is 1. The Morgan fingerprint density at radius 2 is 1.94 bits per heavy atom. The van der Waals surface area contributed by atoms with E-state index in [0.717, 1.165) is 0 Å². The summed E-state index contributed by atoms with van der Waals surface area (Å²) >= 11 is 0. The number of carboxylic acids is 1. The summed E-state index contributed by atoms with van der Waals surface area (Å²) in [7, 11) is -3.11. The molecule has 0 unspecified atom stereocenters. The van der Waals surface area contributed by atoms with Crippen LogP contribution in [0.1, 0.15) is 19.8 Å². The second-order valence-corrected chi connectivity index (χ2v) is 6.53. The van der Waals surface area contributed by atoms with E-state index in [0.29, 0.717) is 12.8 Å². The summed E-state index contributed by atoms with van der Waals surface area (Å²) in [6.45, 7) is 1.56. The van der Waals surface area contributed by atoms with Crippen molar-refractivity contribution in [1.82, 2.24) is 5.32 Å². The highest BCUT2D eigenvalue weighted by atomic mass is 32.2. The second-order valence-electron chi connectivity index (χ2n) is 4.06. The smallest absolute Gasteiger partial charge is 0.332 e. The summed E-state index contributed by atoms with van der Waals surface area (Å²) in [6, 6.07) is 0. The van der Waals surface area contributed by atoms with E-state index in [1.54, 1.807) is 0 Å². The normalized spacial score (nSPS) is 23.8. The number of hydrogen-bond acceptors (Lipinski definition) is 5. The van der Waals surface area contributed by atoms with Crippen LogP contribution in [0.15, 0.2) is 0 Å². The predicted octanol–water partition coefficient (Wildman–Crippen LogP) is -0.830. The third-order valence-corrected chi connectivity index (χ3v) is 4.45. The van der Waals surface area contributed by atoms with Gasteiger partial charge >= 0.3 is 5.97 Å². The molecule has 0 aliphatic carbocycles. The largest absolute Gasteiger partial charge is 0.479 e. The fourth-order valence-corrected chi connectivity index (χ4v) is 2.30. The number of amides is 1. The van der Waals surface area contributed by atoms with Crippen LogP contribution in [0.2, 0.25) is 0 Å². The maximum atomic E-state index is 11.6. The Hall–Kier alpha value is -1.15. The molecule has 8 heteroatoms. The van der Waals surface area contributed by atoms with Crippen LogP contribution in [0.4, 0.5) is 0 Å². The van der Waals surface area contributed by atoms with Crippen LogP contribution >= 0.6 is 0 Å². The number of aliphatic carboxylic acids is 1. The standard InChI is InChI=1S/C10H17NO6S/c1-2-18(15,16)6-5-11-9(12)7-3-4-8(17-7)10(13)14/h7-8H,2-6H2,1H3,(H,11,12)(H,13,14)/t7-,8+/m0/s1. The molecule has 0 spiro atoms. The summed E-state index contributed by atoms with van der Waals surface area (Å²) in [5.74, 6) is -1.63. The monoisotopic (exact) mass is 279 g/mol. The lowest BCUT2D eigenvalue weighted by atomic mass is 10.2. The van der Waals surface area contributed by atoms with Crippen LogP contribution in [-0.2, 0) is 24.2 Å². The Balaban J connectivity index is 2.33. The van der Waals surface area contributed by atoms with Crippen molar-refractivity contribution in [2.24, 2.45) is 0 Å². The minimum Gasteiger partial charge on any atom is -0.479 e. The zero-order chi connectivity index (χ0) is 13.8. The van der Waals surface area contributed by atoms with E-state index in [9.17, 15) is 18.0 Å². The Labute approximate surface area is 105 Å². The maximum Gasteiger partial charge on any atom is 0.332 e. The molecule has 104 valence electrons. The number of hydrogen-bond donors (Lipinski definition) is 2. The number of carbonyl (C=O) groups is 2. The van der Waals surface area contributed by atoms with Crippen molar-refractivity contribution in [3.05, 3.63) is 0 Å². The van der Waals surface area contributed by atoms with Gasteiger partial charge in [-0.25, -0.2) is 13.2 Å². The predicted molar refractivity (Wildman–Crippen MR) is 62.9 cm³/mol. The van der Waals surface area contributed by atoms with Gasteiger partial charge in [-0.05, 0) is 12.8 Å². The van der Waals surface area contributed by atoms with Crippen molar-refractivity contribution in [2.75, 3.05) is 18.1 Å². The van der Waals surface area contributed by atoms with Crippen LogP contribution in [0, 0.1) is 0 Å². The summed E-state index contributed by atoms with van der Waals surface area (Å²) in [5, 5.41) is 11.1. The molecule has 0 saturated carbocycles.